The zero-order valence-corrected chi connectivity index (χ0v) is 33.8. The molecule has 0 spiro atoms. The predicted molar refractivity (Wildman–Crippen MR) is 233 cm³/mol. The van der Waals surface area contributed by atoms with Gasteiger partial charge in [-0.3, -0.25) is 0 Å². The molecule has 6 aliphatic carbocycles. The summed E-state index contributed by atoms with van der Waals surface area (Å²) >= 11 is 0. The van der Waals surface area contributed by atoms with Crippen LogP contribution in [-0.4, -0.2) is 27.9 Å². The monoisotopic (exact) mass is 726 g/mol. The van der Waals surface area contributed by atoms with Crippen molar-refractivity contribution in [2.75, 3.05) is 9.80 Å². The number of benzene rings is 1. The molecule has 282 valence electrons. The minimum Gasteiger partial charge on any atom is -0.338 e. The lowest BCUT2D eigenvalue weighted by atomic mass is 9.36. The van der Waals surface area contributed by atoms with E-state index in [1.165, 1.54) is 143 Å². The van der Waals surface area contributed by atoms with Gasteiger partial charge in [-0.1, -0.05) is 83.3 Å². The summed E-state index contributed by atoms with van der Waals surface area (Å²) in [6.07, 6.45) is 39.1. The molecule has 0 unspecified atom stereocenters. The normalized spacial score (nSPS) is 21.9. The average Bonchev–Trinajstić information content (AvgIpc) is 3.75. The van der Waals surface area contributed by atoms with E-state index in [0.717, 1.165) is 19.3 Å². The maximum Gasteiger partial charge on any atom is 0.294 e. The zero-order chi connectivity index (χ0) is 36.8. The molecule has 4 nitrogen and oxygen atoms in total. The second-order valence-corrected chi connectivity index (χ2v) is 19.1. The molecule has 4 heterocycles. The topological polar surface area (TPSA) is 16.3 Å². The summed E-state index contributed by atoms with van der Waals surface area (Å²) in [5.41, 5.74) is 28.8. The summed E-state index contributed by atoms with van der Waals surface area (Å²) in [7, 11) is 0. The van der Waals surface area contributed by atoms with Crippen molar-refractivity contribution in [1.82, 2.24) is 9.13 Å². The van der Waals surface area contributed by atoms with E-state index in [-0.39, 0.29) is 12.1 Å². The largest absolute Gasteiger partial charge is 0.338 e. The molecule has 55 heavy (non-hydrogen) atoms. The number of aromatic nitrogens is 2. The fourth-order valence-electron chi connectivity index (χ4n) is 12.3. The van der Waals surface area contributed by atoms with Crippen LogP contribution in [0.2, 0.25) is 0 Å². The maximum atomic E-state index is 3.69. The summed E-state index contributed by atoms with van der Waals surface area (Å²) in [6.45, 7) is 7.52. The van der Waals surface area contributed by atoms with Crippen LogP contribution in [-0.2, 0) is 31.1 Å². The van der Waals surface area contributed by atoms with Crippen molar-refractivity contribution in [3.63, 3.8) is 0 Å². The molecule has 0 radical (unpaired) electrons. The van der Waals surface area contributed by atoms with Gasteiger partial charge in [-0.25, -0.2) is 0 Å². The molecule has 8 aliphatic rings. The van der Waals surface area contributed by atoms with Gasteiger partial charge in [-0.05, 0) is 154 Å². The van der Waals surface area contributed by atoms with Crippen LogP contribution >= 0.6 is 0 Å². The Morgan fingerprint density at radius 1 is 0.655 bits per heavy atom. The standard InChI is InChI=1S/C50H59BN4/c1-50(2,3)34-32-43-45-44(33-34)53(36-22-10-5-11-23-36)47-40-29-17-19-31-42(40)55(38-26-14-7-15-27-38)49(47)51(45)48-46(52(43)35-20-8-4-9-21-35)39-28-16-18-30-41(39)54(48)37-24-12-6-13-25-37/h6-7,12,14,24,26,32-33,35-36H,4-5,8-11,13,16-23,25,28-31H2,1-3H3. The van der Waals surface area contributed by atoms with E-state index in [0.29, 0.717) is 12.1 Å². The average molecular weight is 727 g/mol. The Bertz CT molecular complexity index is 2260. The Balaban J connectivity index is 1.32. The summed E-state index contributed by atoms with van der Waals surface area (Å²) in [5, 5.41) is 0. The highest BCUT2D eigenvalue weighted by Gasteiger charge is 2.53. The molecular formula is C50H59BN4. The van der Waals surface area contributed by atoms with Gasteiger partial charge in [0.05, 0.1) is 17.1 Å². The van der Waals surface area contributed by atoms with Gasteiger partial charge in [0.2, 0.25) is 0 Å². The molecule has 5 heteroatoms. The molecule has 1 aromatic carbocycles. The number of allylic oxidation sites excluding steroid dienone is 8. The zero-order valence-electron chi connectivity index (χ0n) is 33.8. The van der Waals surface area contributed by atoms with Crippen molar-refractivity contribution in [3.05, 3.63) is 88.1 Å². The fourth-order valence-corrected chi connectivity index (χ4v) is 12.3. The van der Waals surface area contributed by atoms with Crippen LogP contribution in [0.1, 0.15) is 152 Å². The number of fused-ring (bicyclic) bond motifs is 8. The van der Waals surface area contributed by atoms with Crippen molar-refractivity contribution in [2.45, 2.75) is 167 Å². The number of anilines is 4. The maximum absolute atomic E-state index is 3.69. The first-order valence-electron chi connectivity index (χ1n) is 22.5. The van der Waals surface area contributed by atoms with Crippen molar-refractivity contribution >= 4 is 57.5 Å². The van der Waals surface area contributed by atoms with Crippen LogP contribution in [0.4, 0.5) is 22.7 Å². The second kappa shape index (κ2) is 13.3. The van der Waals surface area contributed by atoms with Gasteiger partial charge in [0, 0.05) is 51.7 Å². The van der Waals surface area contributed by atoms with Gasteiger partial charge >= 0.3 is 0 Å². The van der Waals surface area contributed by atoms with E-state index in [2.05, 4.69) is 93.7 Å². The Kier molecular flexibility index (Phi) is 8.27. The molecule has 3 aromatic rings. The summed E-state index contributed by atoms with van der Waals surface area (Å²) in [5.74, 6) is 0. The van der Waals surface area contributed by atoms with Crippen LogP contribution in [0.5, 0.6) is 0 Å². The second-order valence-electron chi connectivity index (χ2n) is 19.1. The van der Waals surface area contributed by atoms with Gasteiger partial charge in [-0.15, -0.1) is 0 Å². The van der Waals surface area contributed by atoms with Gasteiger partial charge < -0.3 is 18.9 Å². The highest BCUT2D eigenvalue weighted by atomic mass is 15.3. The summed E-state index contributed by atoms with van der Waals surface area (Å²) < 4.78 is 5.66. The lowest BCUT2D eigenvalue weighted by Crippen LogP contribution is -2.67. The molecule has 11 rings (SSSR count). The Labute approximate surface area is 330 Å². The molecule has 0 N–H and O–H groups in total. The van der Waals surface area contributed by atoms with Crippen LogP contribution in [0.25, 0.3) is 11.4 Å². The van der Waals surface area contributed by atoms with Crippen LogP contribution in [0, 0.1) is 0 Å². The quantitative estimate of drug-likeness (QED) is 0.197. The molecular weight excluding hydrogens is 667 g/mol. The fraction of sp³-hybridized carbons (Fsp3) is 0.520. The molecule has 0 saturated heterocycles. The SMILES string of the molecule is CC(C)(C)c1cc2c3c(c1)N(C1CCCCC1)c1c4c(n(C5=CC=CCC5)c1B3c1c(c3c(n1C1=C=C=CC=C1)CCCC3)N2C1CCCCC1)CCCC4. The van der Waals surface area contributed by atoms with E-state index in [1.54, 1.807) is 44.9 Å². The minimum absolute atomic E-state index is 0.0445. The third-order valence-corrected chi connectivity index (χ3v) is 14.8. The Hall–Kier alpha value is -4.04. The lowest BCUT2D eigenvalue weighted by molar-refractivity contribution is 0.433. The molecule has 2 fully saturated rings. The first kappa shape index (κ1) is 34.2. The van der Waals surface area contributed by atoms with Gasteiger partial charge in [0.25, 0.3) is 6.71 Å². The molecule has 2 aliphatic heterocycles. The van der Waals surface area contributed by atoms with E-state index < -0.39 is 0 Å². The van der Waals surface area contributed by atoms with Crippen molar-refractivity contribution < 1.29 is 0 Å². The summed E-state index contributed by atoms with van der Waals surface area (Å²) in [4.78, 5) is 6.00. The van der Waals surface area contributed by atoms with E-state index in [1.807, 2.05) is 6.08 Å². The molecule has 2 saturated carbocycles. The lowest BCUT2D eigenvalue weighted by Gasteiger charge is -2.49. The van der Waals surface area contributed by atoms with Gasteiger partial charge in [0.15, 0.2) is 0 Å². The molecule has 0 bridgehead atoms. The van der Waals surface area contributed by atoms with Crippen LogP contribution in [0.3, 0.4) is 0 Å². The van der Waals surface area contributed by atoms with E-state index in [4.69, 9.17) is 0 Å². The van der Waals surface area contributed by atoms with Gasteiger partial charge in [0.1, 0.15) is 0 Å². The number of hydrogen-bond acceptors (Lipinski definition) is 2. The number of hydrogen-bond donors (Lipinski definition) is 0. The first-order valence-corrected chi connectivity index (χ1v) is 22.5. The van der Waals surface area contributed by atoms with Crippen LogP contribution < -0.4 is 26.4 Å². The molecule has 0 amide bonds. The molecule has 0 atom stereocenters. The first-order chi connectivity index (χ1) is 27.0. The van der Waals surface area contributed by atoms with Crippen LogP contribution in [0.15, 0.2) is 60.1 Å². The highest BCUT2D eigenvalue weighted by molar-refractivity contribution is 6.99. The number of nitrogens with zero attached hydrogens (tertiary/aromatic N) is 4. The highest BCUT2D eigenvalue weighted by Crippen LogP contribution is 2.50. The summed E-state index contributed by atoms with van der Waals surface area (Å²) in [6, 6.07) is 6.48. The van der Waals surface area contributed by atoms with Crippen molar-refractivity contribution in [3.8, 4) is 0 Å². The smallest absolute Gasteiger partial charge is 0.294 e. The third kappa shape index (κ3) is 5.25. The minimum atomic E-state index is 0.0445. The molecule has 2 aromatic heterocycles. The Morgan fingerprint density at radius 2 is 1.24 bits per heavy atom. The van der Waals surface area contributed by atoms with Crippen molar-refractivity contribution in [1.29, 1.82) is 0 Å². The number of rotatable bonds is 4. The van der Waals surface area contributed by atoms with Gasteiger partial charge in [-0.2, -0.15) is 0 Å². The third-order valence-electron chi connectivity index (χ3n) is 14.8. The predicted octanol–water partition coefficient (Wildman–Crippen LogP) is 10.3. The van der Waals surface area contributed by atoms with E-state index in [9.17, 15) is 0 Å². The van der Waals surface area contributed by atoms with E-state index >= 15 is 0 Å². The Morgan fingerprint density at radius 3 is 1.78 bits per heavy atom. The van der Waals surface area contributed by atoms with Crippen molar-refractivity contribution in [2.24, 2.45) is 0 Å².